The van der Waals surface area contributed by atoms with Gasteiger partial charge in [-0.2, -0.15) is 0 Å². The molecule has 26 heavy (non-hydrogen) atoms. The molecule has 5 rings (SSSR count). The lowest BCUT2D eigenvalue weighted by Gasteiger charge is -2.27. The molecule has 130 valence electrons. The van der Waals surface area contributed by atoms with Crippen LogP contribution in [0.2, 0.25) is 0 Å². The van der Waals surface area contributed by atoms with E-state index in [0.29, 0.717) is 18.7 Å². The van der Waals surface area contributed by atoms with Crippen molar-refractivity contribution in [2.45, 2.75) is 13.0 Å². The van der Waals surface area contributed by atoms with E-state index >= 15 is 0 Å². The molecule has 1 aliphatic rings. The Kier molecular flexibility index (Phi) is 3.19. The van der Waals surface area contributed by atoms with Gasteiger partial charge < -0.3 is 14.5 Å². The highest BCUT2D eigenvalue weighted by atomic mass is 19.1. The number of nitrogens with zero attached hydrogens (tertiary/aromatic N) is 2. The van der Waals surface area contributed by atoms with E-state index in [-0.39, 0.29) is 11.7 Å². The predicted molar refractivity (Wildman–Crippen MR) is 99.6 cm³/mol. The molecule has 1 aliphatic heterocycles. The second-order valence-electron chi connectivity index (χ2n) is 6.95. The lowest BCUT2D eigenvalue weighted by molar-refractivity contribution is 0.0735. The Bertz CT molecular complexity index is 1170. The summed E-state index contributed by atoms with van der Waals surface area (Å²) in [4.78, 5) is 18.2. The van der Waals surface area contributed by atoms with Crippen LogP contribution < -0.4 is 0 Å². The maximum Gasteiger partial charge on any atom is 0.254 e. The van der Waals surface area contributed by atoms with Crippen molar-refractivity contribution < 1.29 is 9.18 Å². The van der Waals surface area contributed by atoms with Crippen LogP contribution in [0.3, 0.4) is 0 Å². The van der Waals surface area contributed by atoms with E-state index in [1.54, 1.807) is 12.1 Å². The zero-order chi connectivity index (χ0) is 17.8. The first-order valence-corrected chi connectivity index (χ1v) is 8.73. The SMILES string of the molecule is Cn1ccc2cc(C(=O)N3CCc4[nH]c5ccc(F)cc5c4C3)ccc21. The van der Waals surface area contributed by atoms with Crippen molar-refractivity contribution in [3.8, 4) is 0 Å². The fourth-order valence-electron chi connectivity index (χ4n) is 3.96. The third-order valence-electron chi connectivity index (χ3n) is 5.36. The first-order valence-electron chi connectivity index (χ1n) is 8.73. The van der Waals surface area contributed by atoms with Gasteiger partial charge in [0.1, 0.15) is 5.82 Å². The summed E-state index contributed by atoms with van der Waals surface area (Å²) in [7, 11) is 1.99. The summed E-state index contributed by atoms with van der Waals surface area (Å²) >= 11 is 0. The standard InChI is InChI=1S/C21H18FN3O/c1-24-8-6-13-10-14(2-5-20(13)24)21(26)25-9-7-19-17(12-25)16-11-15(22)3-4-18(16)23-19/h2-6,8,10-11,23H,7,9,12H2,1H3. The number of fused-ring (bicyclic) bond motifs is 4. The van der Waals surface area contributed by atoms with E-state index < -0.39 is 0 Å². The smallest absolute Gasteiger partial charge is 0.254 e. The molecule has 0 fully saturated rings. The molecule has 0 unspecified atom stereocenters. The summed E-state index contributed by atoms with van der Waals surface area (Å²) in [5.74, 6) is -0.232. The van der Waals surface area contributed by atoms with Gasteiger partial charge >= 0.3 is 0 Å². The van der Waals surface area contributed by atoms with Crippen molar-refractivity contribution in [2.24, 2.45) is 7.05 Å². The normalized spacial score (nSPS) is 14.2. The zero-order valence-corrected chi connectivity index (χ0v) is 14.4. The third-order valence-corrected chi connectivity index (χ3v) is 5.36. The fraction of sp³-hybridized carbons (Fsp3) is 0.190. The molecule has 4 aromatic rings. The summed E-state index contributed by atoms with van der Waals surface area (Å²) in [5.41, 5.74) is 4.86. The summed E-state index contributed by atoms with van der Waals surface area (Å²) in [6.45, 7) is 1.17. The molecule has 0 radical (unpaired) electrons. The first-order chi connectivity index (χ1) is 12.6. The molecule has 1 N–H and O–H groups in total. The van der Waals surface area contributed by atoms with Gasteiger partial charge in [-0.05, 0) is 42.5 Å². The molecule has 0 saturated carbocycles. The molecule has 2 aromatic carbocycles. The van der Waals surface area contributed by atoms with Crippen LogP contribution in [-0.2, 0) is 20.0 Å². The molecule has 5 heteroatoms. The Labute approximate surface area is 149 Å². The number of nitrogens with one attached hydrogen (secondary N) is 1. The Morgan fingerprint density at radius 3 is 2.92 bits per heavy atom. The summed E-state index contributed by atoms with van der Waals surface area (Å²) in [6, 6.07) is 12.6. The average Bonchev–Trinajstić information content (AvgIpc) is 3.20. The maximum absolute atomic E-state index is 13.7. The van der Waals surface area contributed by atoms with E-state index in [1.165, 1.54) is 6.07 Å². The second-order valence-corrected chi connectivity index (χ2v) is 6.95. The lowest BCUT2D eigenvalue weighted by Crippen LogP contribution is -2.35. The van der Waals surface area contributed by atoms with Gasteiger partial charge in [-0.3, -0.25) is 4.79 Å². The fourth-order valence-corrected chi connectivity index (χ4v) is 3.96. The highest BCUT2D eigenvalue weighted by Gasteiger charge is 2.25. The summed E-state index contributed by atoms with van der Waals surface area (Å²) in [6.07, 6.45) is 2.75. The Morgan fingerprint density at radius 2 is 2.04 bits per heavy atom. The van der Waals surface area contributed by atoms with Crippen molar-refractivity contribution >= 4 is 27.7 Å². The molecule has 0 saturated heterocycles. The van der Waals surface area contributed by atoms with E-state index in [9.17, 15) is 9.18 Å². The topological polar surface area (TPSA) is 41.0 Å². The number of aromatic amines is 1. The molecule has 1 amide bonds. The highest BCUT2D eigenvalue weighted by molar-refractivity contribution is 5.98. The van der Waals surface area contributed by atoms with Gasteiger partial charge in [0.05, 0.1) is 0 Å². The lowest BCUT2D eigenvalue weighted by atomic mass is 10.0. The van der Waals surface area contributed by atoms with Crippen LogP contribution in [-0.4, -0.2) is 26.9 Å². The molecule has 3 heterocycles. The highest BCUT2D eigenvalue weighted by Crippen LogP contribution is 2.29. The van der Waals surface area contributed by atoms with Crippen molar-refractivity contribution in [2.75, 3.05) is 6.54 Å². The minimum Gasteiger partial charge on any atom is -0.358 e. The van der Waals surface area contributed by atoms with Crippen molar-refractivity contribution in [1.82, 2.24) is 14.5 Å². The number of aryl methyl sites for hydroxylation is 1. The van der Waals surface area contributed by atoms with Crippen LogP contribution in [0.5, 0.6) is 0 Å². The molecule has 0 aliphatic carbocycles. The van der Waals surface area contributed by atoms with E-state index in [4.69, 9.17) is 0 Å². The summed E-state index contributed by atoms with van der Waals surface area (Å²) in [5, 5.41) is 1.93. The van der Waals surface area contributed by atoms with Gasteiger partial charge in [-0.25, -0.2) is 4.39 Å². The first kappa shape index (κ1) is 15.2. The number of amides is 1. The van der Waals surface area contributed by atoms with Gasteiger partial charge in [-0.15, -0.1) is 0 Å². The van der Waals surface area contributed by atoms with Crippen LogP contribution >= 0.6 is 0 Å². The monoisotopic (exact) mass is 347 g/mol. The summed E-state index contributed by atoms with van der Waals surface area (Å²) < 4.78 is 15.7. The van der Waals surface area contributed by atoms with Crippen molar-refractivity contribution in [1.29, 1.82) is 0 Å². The van der Waals surface area contributed by atoms with Gasteiger partial charge in [0.15, 0.2) is 0 Å². The van der Waals surface area contributed by atoms with Gasteiger partial charge in [0, 0.05) is 71.4 Å². The number of hydrogen-bond donors (Lipinski definition) is 1. The molecular weight excluding hydrogens is 329 g/mol. The molecule has 0 atom stereocenters. The van der Waals surface area contributed by atoms with E-state index in [0.717, 1.165) is 39.5 Å². The van der Waals surface area contributed by atoms with E-state index in [1.807, 2.05) is 47.0 Å². The van der Waals surface area contributed by atoms with Crippen molar-refractivity contribution in [3.05, 3.63) is 71.3 Å². The molecule has 0 spiro atoms. The number of carbonyl (C=O) groups is 1. The number of benzene rings is 2. The number of halogens is 1. The van der Waals surface area contributed by atoms with Crippen LogP contribution in [0.4, 0.5) is 4.39 Å². The minimum absolute atomic E-state index is 0.0205. The zero-order valence-electron chi connectivity index (χ0n) is 14.4. The van der Waals surface area contributed by atoms with Crippen LogP contribution in [0.15, 0.2) is 48.7 Å². The predicted octanol–water partition coefficient (Wildman–Crippen LogP) is 4.00. The molecule has 4 nitrogen and oxygen atoms in total. The van der Waals surface area contributed by atoms with Gasteiger partial charge in [0.25, 0.3) is 5.91 Å². The number of rotatable bonds is 1. The van der Waals surface area contributed by atoms with Crippen LogP contribution in [0, 0.1) is 5.82 Å². The number of H-pyrrole nitrogens is 1. The number of aromatic nitrogens is 2. The minimum atomic E-state index is -0.253. The quantitative estimate of drug-likeness (QED) is 0.556. The van der Waals surface area contributed by atoms with Gasteiger partial charge in [-0.1, -0.05) is 0 Å². The van der Waals surface area contributed by atoms with E-state index in [2.05, 4.69) is 4.98 Å². The molecule has 2 aromatic heterocycles. The number of carbonyl (C=O) groups excluding carboxylic acids is 1. The van der Waals surface area contributed by atoms with Crippen LogP contribution in [0.1, 0.15) is 21.6 Å². The Morgan fingerprint density at radius 1 is 1.15 bits per heavy atom. The van der Waals surface area contributed by atoms with Crippen molar-refractivity contribution in [3.63, 3.8) is 0 Å². The maximum atomic E-state index is 13.7. The van der Waals surface area contributed by atoms with Crippen LogP contribution in [0.25, 0.3) is 21.8 Å². The Balaban J connectivity index is 1.50. The largest absolute Gasteiger partial charge is 0.358 e. The third kappa shape index (κ3) is 2.24. The average molecular weight is 347 g/mol. The van der Waals surface area contributed by atoms with Gasteiger partial charge in [0.2, 0.25) is 0 Å². The number of hydrogen-bond acceptors (Lipinski definition) is 1. The Hall–Kier alpha value is -3.08. The second kappa shape index (κ2) is 5.46. The molecule has 0 bridgehead atoms. The molecular formula is C21H18FN3O.